The number of hydrogen-bond acceptors (Lipinski definition) is 3. The van der Waals surface area contributed by atoms with Gasteiger partial charge in [-0.15, -0.1) is 0 Å². The zero-order valence-electron chi connectivity index (χ0n) is 6.20. The number of hydrogen-bond donors (Lipinski definition) is 5. The van der Waals surface area contributed by atoms with Gasteiger partial charge in [-0.3, -0.25) is 10.8 Å². The van der Waals surface area contributed by atoms with Crippen LogP contribution in [0.2, 0.25) is 0 Å². The summed E-state index contributed by atoms with van der Waals surface area (Å²) in [7, 11) is 0. The lowest BCUT2D eigenvalue weighted by atomic mass is 10.6. The molecule has 0 unspecified atom stereocenters. The van der Waals surface area contributed by atoms with Crippen LogP contribution >= 0.6 is 0 Å². The van der Waals surface area contributed by atoms with E-state index in [4.69, 9.17) is 11.3 Å². The second-order valence-corrected chi connectivity index (χ2v) is 1.80. The highest BCUT2D eigenvalue weighted by molar-refractivity contribution is 5.75. The Morgan fingerprint density at radius 3 is 2.70 bits per heavy atom. The first-order chi connectivity index (χ1) is 4.81. The Labute approximate surface area is 60.8 Å². The molecule has 60 valence electrons. The van der Waals surface area contributed by atoms with Gasteiger partial charge in [-0.05, 0) is 6.54 Å². The molecule has 0 aromatic rings. The summed E-state index contributed by atoms with van der Waals surface area (Å²) in [6.07, 6.45) is 0. The average molecular weight is 145 g/mol. The van der Waals surface area contributed by atoms with E-state index in [1.54, 1.807) is 0 Å². The summed E-state index contributed by atoms with van der Waals surface area (Å²) in [6, 6.07) is 0. The number of rotatable bonds is 4. The second-order valence-electron chi connectivity index (χ2n) is 1.80. The van der Waals surface area contributed by atoms with Gasteiger partial charge in [0.25, 0.3) is 0 Å². The molecule has 0 bridgehead atoms. The summed E-state index contributed by atoms with van der Waals surface area (Å²) in [5.74, 6) is 5.08. The lowest BCUT2D eigenvalue weighted by Gasteiger charge is -2.05. The molecular weight excluding hydrogens is 130 g/mol. The van der Waals surface area contributed by atoms with Crippen LogP contribution in [0.1, 0.15) is 6.92 Å². The molecule has 0 aromatic carbocycles. The van der Waals surface area contributed by atoms with Crippen LogP contribution in [0, 0.1) is 5.41 Å². The van der Waals surface area contributed by atoms with Crippen molar-refractivity contribution < 1.29 is 0 Å². The monoisotopic (exact) mass is 145 g/mol. The van der Waals surface area contributed by atoms with Crippen molar-refractivity contribution in [2.24, 2.45) is 5.84 Å². The van der Waals surface area contributed by atoms with E-state index in [-0.39, 0.29) is 5.96 Å². The largest absolute Gasteiger partial charge is 0.354 e. The second kappa shape index (κ2) is 6.31. The van der Waals surface area contributed by atoms with E-state index in [0.717, 1.165) is 19.6 Å². The third kappa shape index (κ3) is 5.33. The van der Waals surface area contributed by atoms with E-state index < -0.39 is 0 Å². The van der Waals surface area contributed by atoms with Crippen molar-refractivity contribution in [2.75, 3.05) is 19.6 Å². The minimum atomic E-state index is 0.151. The van der Waals surface area contributed by atoms with Gasteiger partial charge in [0, 0.05) is 13.1 Å². The van der Waals surface area contributed by atoms with Gasteiger partial charge >= 0.3 is 0 Å². The molecule has 0 heterocycles. The summed E-state index contributed by atoms with van der Waals surface area (Å²) in [5.41, 5.74) is 2.19. The minimum Gasteiger partial charge on any atom is -0.354 e. The van der Waals surface area contributed by atoms with Crippen molar-refractivity contribution >= 4 is 5.96 Å². The maximum Gasteiger partial charge on any atom is 0.202 e. The number of likely N-dealkylation sites (N-methyl/N-ethyl adjacent to an activating group) is 1. The predicted molar refractivity (Wildman–Crippen MR) is 41.6 cm³/mol. The van der Waals surface area contributed by atoms with Gasteiger partial charge < -0.3 is 10.6 Å². The average Bonchev–Trinajstić information content (AvgIpc) is 1.98. The van der Waals surface area contributed by atoms with Crippen LogP contribution in [-0.4, -0.2) is 25.6 Å². The fourth-order valence-corrected chi connectivity index (χ4v) is 0.504. The maximum absolute atomic E-state index is 7.00. The van der Waals surface area contributed by atoms with E-state index in [9.17, 15) is 0 Å². The van der Waals surface area contributed by atoms with Gasteiger partial charge in [-0.1, -0.05) is 6.92 Å². The van der Waals surface area contributed by atoms with Crippen LogP contribution in [-0.2, 0) is 0 Å². The molecular formula is C5H15N5. The summed E-state index contributed by atoms with van der Waals surface area (Å²) in [4.78, 5) is 0. The van der Waals surface area contributed by atoms with Crippen molar-refractivity contribution in [1.82, 2.24) is 16.1 Å². The predicted octanol–water partition coefficient (Wildman–Crippen LogP) is -1.42. The third-order valence-corrected chi connectivity index (χ3v) is 0.998. The van der Waals surface area contributed by atoms with E-state index in [2.05, 4.69) is 16.1 Å². The standard InChI is InChI=1S/C5H15N5/c1-2-8-3-4-9-5(6)10-7/h8H,2-4,7H2,1H3,(H3,6,9,10). The lowest BCUT2D eigenvalue weighted by Crippen LogP contribution is -2.43. The SMILES string of the molecule is CCNCCNC(=N)NN. The van der Waals surface area contributed by atoms with Crippen LogP contribution in [0.5, 0.6) is 0 Å². The summed E-state index contributed by atoms with van der Waals surface area (Å²) >= 11 is 0. The van der Waals surface area contributed by atoms with Gasteiger partial charge in [0.05, 0.1) is 0 Å². The van der Waals surface area contributed by atoms with Gasteiger partial charge in [0.1, 0.15) is 0 Å². The maximum atomic E-state index is 7.00. The van der Waals surface area contributed by atoms with Crippen LogP contribution in [0.25, 0.3) is 0 Å². The molecule has 0 aliphatic rings. The summed E-state index contributed by atoms with van der Waals surface area (Å²) in [5, 5.41) is 12.8. The summed E-state index contributed by atoms with van der Waals surface area (Å²) < 4.78 is 0. The normalized spacial score (nSPS) is 9.00. The molecule has 10 heavy (non-hydrogen) atoms. The Bertz CT molecular complexity index is 92.0. The first kappa shape index (κ1) is 9.19. The molecule has 0 spiro atoms. The number of guanidine groups is 1. The van der Waals surface area contributed by atoms with Crippen molar-refractivity contribution in [1.29, 1.82) is 5.41 Å². The van der Waals surface area contributed by atoms with E-state index in [0.29, 0.717) is 0 Å². The van der Waals surface area contributed by atoms with E-state index >= 15 is 0 Å². The zero-order chi connectivity index (χ0) is 7.82. The first-order valence-corrected chi connectivity index (χ1v) is 3.31. The molecule has 0 radical (unpaired) electrons. The Balaban J connectivity index is 2.96. The molecule has 0 aliphatic carbocycles. The molecule has 0 rings (SSSR count). The van der Waals surface area contributed by atoms with Gasteiger partial charge in [-0.2, -0.15) is 0 Å². The number of nitrogens with two attached hydrogens (primary N) is 1. The highest BCUT2D eigenvalue weighted by Crippen LogP contribution is 1.57. The molecule has 0 aromatic heterocycles. The zero-order valence-corrected chi connectivity index (χ0v) is 6.20. The van der Waals surface area contributed by atoms with Crippen molar-refractivity contribution in [3.8, 4) is 0 Å². The first-order valence-electron chi connectivity index (χ1n) is 3.31. The number of hydrazine groups is 1. The Hall–Kier alpha value is -0.810. The van der Waals surface area contributed by atoms with Crippen LogP contribution in [0.15, 0.2) is 0 Å². The minimum absolute atomic E-state index is 0.151. The Morgan fingerprint density at radius 1 is 1.50 bits per heavy atom. The topological polar surface area (TPSA) is 86.0 Å². The summed E-state index contributed by atoms with van der Waals surface area (Å²) in [6.45, 7) is 4.55. The Morgan fingerprint density at radius 2 is 2.20 bits per heavy atom. The van der Waals surface area contributed by atoms with Crippen molar-refractivity contribution in [3.05, 3.63) is 0 Å². The van der Waals surface area contributed by atoms with Gasteiger partial charge in [-0.25, -0.2) is 5.84 Å². The van der Waals surface area contributed by atoms with Gasteiger partial charge in [0.2, 0.25) is 5.96 Å². The number of nitrogens with one attached hydrogen (secondary N) is 4. The van der Waals surface area contributed by atoms with Gasteiger partial charge in [0.15, 0.2) is 0 Å². The third-order valence-electron chi connectivity index (χ3n) is 0.998. The molecule has 0 atom stereocenters. The van der Waals surface area contributed by atoms with E-state index in [1.165, 1.54) is 0 Å². The quantitative estimate of drug-likeness (QED) is 0.110. The Kier molecular flexibility index (Phi) is 5.80. The van der Waals surface area contributed by atoms with Crippen LogP contribution in [0.3, 0.4) is 0 Å². The highest BCUT2D eigenvalue weighted by Gasteiger charge is 1.87. The fraction of sp³-hybridized carbons (Fsp3) is 0.800. The molecule has 0 saturated heterocycles. The lowest BCUT2D eigenvalue weighted by molar-refractivity contribution is 0.688. The smallest absolute Gasteiger partial charge is 0.202 e. The molecule has 5 nitrogen and oxygen atoms in total. The molecule has 6 N–H and O–H groups in total. The molecule has 0 aliphatic heterocycles. The molecule has 0 amide bonds. The van der Waals surface area contributed by atoms with Crippen LogP contribution < -0.4 is 21.9 Å². The van der Waals surface area contributed by atoms with Crippen molar-refractivity contribution in [2.45, 2.75) is 6.92 Å². The van der Waals surface area contributed by atoms with Crippen LogP contribution in [0.4, 0.5) is 0 Å². The van der Waals surface area contributed by atoms with Crippen molar-refractivity contribution in [3.63, 3.8) is 0 Å². The molecule has 5 heteroatoms. The molecule has 0 fully saturated rings. The van der Waals surface area contributed by atoms with E-state index in [1.807, 2.05) is 6.92 Å². The fourth-order valence-electron chi connectivity index (χ4n) is 0.504. The molecule has 0 saturated carbocycles. The highest BCUT2D eigenvalue weighted by atomic mass is 15.3.